The normalized spacial score (nSPS) is 10.8. The highest BCUT2D eigenvalue weighted by Crippen LogP contribution is 2.30. The van der Waals surface area contributed by atoms with Gasteiger partial charge in [0.05, 0.1) is 5.69 Å². The molecule has 0 saturated heterocycles. The third kappa shape index (κ3) is 3.58. The zero-order valence-electron chi connectivity index (χ0n) is 15.9. The Bertz CT molecular complexity index is 1340. The van der Waals surface area contributed by atoms with Crippen LogP contribution in [0.15, 0.2) is 96.6 Å². The number of nitrogens with one attached hydrogen (secondary N) is 1. The summed E-state index contributed by atoms with van der Waals surface area (Å²) in [7, 11) is 0. The predicted octanol–water partition coefficient (Wildman–Crippen LogP) is 6.28. The Morgan fingerprint density at radius 1 is 0.833 bits per heavy atom. The molecule has 0 saturated carbocycles. The summed E-state index contributed by atoms with van der Waals surface area (Å²) in [5.74, 6) is -0.125. The van der Waals surface area contributed by atoms with Crippen molar-refractivity contribution in [3.8, 4) is 21.8 Å². The van der Waals surface area contributed by atoms with E-state index in [4.69, 9.17) is 4.98 Å². The number of pyridine rings is 1. The van der Waals surface area contributed by atoms with E-state index in [0.717, 1.165) is 38.3 Å². The summed E-state index contributed by atoms with van der Waals surface area (Å²) >= 11 is 1.59. The standard InChI is InChI=1S/C25H17N3OS/c29-24(22-10-4-6-17-5-1-2-9-21(17)22)27-20-8-3-7-19(15-20)23-16-30-25(28-23)18-11-13-26-14-12-18/h1-16H,(H,27,29). The maximum atomic E-state index is 12.9. The van der Waals surface area contributed by atoms with Gasteiger partial charge in [0.2, 0.25) is 0 Å². The second-order valence-electron chi connectivity index (χ2n) is 6.84. The monoisotopic (exact) mass is 407 g/mol. The van der Waals surface area contributed by atoms with Gasteiger partial charge in [-0.1, -0.05) is 48.5 Å². The molecule has 0 unspecified atom stereocenters. The van der Waals surface area contributed by atoms with Crippen LogP contribution in [-0.4, -0.2) is 15.9 Å². The van der Waals surface area contributed by atoms with Gasteiger partial charge in [0, 0.05) is 40.2 Å². The number of anilines is 1. The minimum absolute atomic E-state index is 0.125. The maximum Gasteiger partial charge on any atom is 0.256 e. The topological polar surface area (TPSA) is 54.9 Å². The first-order valence-electron chi connectivity index (χ1n) is 9.53. The highest BCUT2D eigenvalue weighted by atomic mass is 32.1. The Hall–Kier alpha value is -3.83. The van der Waals surface area contributed by atoms with Gasteiger partial charge in [0.1, 0.15) is 5.01 Å². The average Bonchev–Trinajstić information content (AvgIpc) is 3.30. The van der Waals surface area contributed by atoms with Crippen molar-refractivity contribution in [2.45, 2.75) is 0 Å². The molecule has 0 aliphatic rings. The first-order chi connectivity index (χ1) is 14.8. The van der Waals surface area contributed by atoms with E-state index in [1.807, 2.05) is 84.2 Å². The molecule has 2 aromatic heterocycles. The van der Waals surface area contributed by atoms with Crippen molar-refractivity contribution in [2.75, 3.05) is 5.32 Å². The van der Waals surface area contributed by atoms with Gasteiger partial charge in [-0.15, -0.1) is 11.3 Å². The van der Waals surface area contributed by atoms with Gasteiger partial charge in [-0.25, -0.2) is 4.98 Å². The number of thiazole rings is 1. The molecule has 5 aromatic rings. The van der Waals surface area contributed by atoms with E-state index in [1.165, 1.54) is 0 Å². The number of rotatable bonds is 4. The first kappa shape index (κ1) is 18.2. The van der Waals surface area contributed by atoms with Crippen molar-refractivity contribution < 1.29 is 4.79 Å². The third-order valence-electron chi connectivity index (χ3n) is 4.88. The summed E-state index contributed by atoms with van der Waals surface area (Å²) in [6, 6.07) is 25.3. The van der Waals surface area contributed by atoms with Gasteiger partial charge in [0.25, 0.3) is 5.91 Å². The highest BCUT2D eigenvalue weighted by molar-refractivity contribution is 7.13. The smallest absolute Gasteiger partial charge is 0.256 e. The summed E-state index contributed by atoms with van der Waals surface area (Å²) in [5.41, 5.74) is 4.29. The summed E-state index contributed by atoms with van der Waals surface area (Å²) in [5, 5.41) is 7.99. The summed E-state index contributed by atoms with van der Waals surface area (Å²) in [6.07, 6.45) is 3.53. The molecule has 5 heteroatoms. The Kier molecular flexibility index (Phi) is 4.79. The van der Waals surface area contributed by atoms with Gasteiger partial charge in [-0.3, -0.25) is 9.78 Å². The second kappa shape index (κ2) is 7.89. The minimum atomic E-state index is -0.125. The molecule has 0 aliphatic heterocycles. The number of carbonyl (C=O) groups is 1. The van der Waals surface area contributed by atoms with Crippen molar-refractivity contribution >= 4 is 33.7 Å². The van der Waals surface area contributed by atoms with Gasteiger partial charge >= 0.3 is 0 Å². The lowest BCUT2D eigenvalue weighted by Crippen LogP contribution is -2.12. The Morgan fingerprint density at radius 3 is 2.53 bits per heavy atom. The highest BCUT2D eigenvalue weighted by Gasteiger charge is 2.11. The number of carbonyl (C=O) groups excluding carboxylic acids is 1. The minimum Gasteiger partial charge on any atom is -0.322 e. The van der Waals surface area contributed by atoms with Crippen LogP contribution in [-0.2, 0) is 0 Å². The van der Waals surface area contributed by atoms with E-state index < -0.39 is 0 Å². The molecular weight excluding hydrogens is 390 g/mol. The molecule has 1 N–H and O–H groups in total. The molecule has 0 spiro atoms. The first-order valence-corrected chi connectivity index (χ1v) is 10.4. The lowest BCUT2D eigenvalue weighted by atomic mass is 10.0. The lowest BCUT2D eigenvalue weighted by molar-refractivity contribution is 0.102. The van der Waals surface area contributed by atoms with Gasteiger partial charge < -0.3 is 5.32 Å². The van der Waals surface area contributed by atoms with Crippen LogP contribution in [0.25, 0.3) is 32.6 Å². The SMILES string of the molecule is O=C(Nc1cccc(-c2csc(-c3ccncc3)n2)c1)c1cccc2ccccc12. The van der Waals surface area contributed by atoms with Crippen molar-refractivity contribution in [1.29, 1.82) is 0 Å². The van der Waals surface area contributed by atoms with Crippen LogP contribution in [0.4, 0.5) is 5.69 Å². The number of nitrogens with zero attached hydrogens (tertiary/aromatic N) is 2. The van der Waals surface area contributed by atoms with Crippen molar-refractivity contribution in [3.05, 3.63) is 102 Å². The van der Waals surface area contributed by atoms with E-state index in [2.05, 4.69) is 10.3 Å². The molecule has 0 atom stereocenters. The van der Waals surface area contributed by atoms with Gasteiger partial charge in [-0.2, -0.15) is 0 Å². The van der Waals surface area contributed by atoms with Crippen LogP contribution >= 0.6 is 11.3 Å². The molecule has 0 fully saturated rings. The molecule has 4 nitrogen and oxygen atoms in total. The number of benzene rings is 3. The van der Waals surface area contributed by atoms with E-state index in [9.17, 15) is 4.79 Å². The molecular formula is C25H17N3OS. The van der Waals surface area contributed by atoms with Gasteiger partial charge in [0.15, 0.2) is 0 Å². The quantitative estimate of drug-likeness (QED) is 0.382. The number of hydrogen-bond donors (Lipinski definition) is 1. The van der Waals surface area contributed by atoms with Crippen LogP contribution in [0.3, 0.4) is 0 Å². The fraction of sp³-hybridized carbons (Fsp3) is 0. The molecule has 0 aliphatic carbocycles. The average molecular weight is 407 g/mol. The van der Waals surface area contributed by atoms with Gasteiger partial charge in [-0.05, 0) is 41.1 Å². The molecule has 0 bridgehead atoms. The largest absolute Gasteiger partial charge is 0.322 e. The Balaban J connectivity index is 1.42. The lowest BCUT2D eigenvalue weighted by Gasteiger charge is -2.09. The Morgan fingerprint density at radius 2 is 1.63 bits per heavy atom. The van der Waals surface area contributed by atoms with Crippen LogP contribution in [0.1, 0.15) is 10.4 Å². The van der Waals surface area contributed by atoms with Crippen molar-refractivity contribution in [1.82, 2.24) is 9.97 Å². The van der Waals surface area contributed by atoms with Crippen LogP contribution in [0.2, 0.25) is 0 Å². The molecule has 3 aromatic carbocycles. The number of hydrogen-bond acceptors (Lipinski definition) is 4. The number of amides is 1. The fourth-order valence-electron chi connectivity index (χ4n) is 3.41. The maximum absolute atomic E-state index is 12.9. The van der Waals surface area contributed by atoms with E-state index in [-0.39, 0.29) is 5.91 Å². The number of fused-ring (bicyclic) bond motifs is 1. The summed E-state index contributed by atoms with van der Waals surface area (Å²) < 4.78 is 0. The fourth-order valence-corrected chi connectivity index (χ4v) is 4.25. The molecule has 144 valence electrons. The van der Waals surface area contributed by atoms with Crippen molar-refractivity contribution in [3.63, 3.8) is 0 Å². The van der Waals surface area contributed by atoms with E-state index in [0.29, 0.717) is 5.56 Å². The van der Waals surface area contributed by atoms with Crippen LogP contribution in [0.5, 0.6) is 0 Å². The molecule has 30 heavy (non-hydrogen) atoms. The zero-order valence-corrected chi connectivity index (χ0v) is 16.8. The van der Waals surface area contributed by atoms with Crippen molar-refractivity contribution in [2.24, 2.45) is 0 Å². The summed E-state index contributed by atoms with van der Waals surface area (Å²) in [4.78, 5) is 21.7. The molecule has 1 amide bonds. The summed E-state index contributed by atoms with van der Waals surface area (Å²) in [6.45, 7) is 0. The van der Waals surface area contributed by atoms with E-state index >= 15 is 0 Å². The van der Waals surface area contributed by atoms with E-state index in [1.54, 1.807) is 23.7 Å². The second-order valence-corrected chi connectivity index (χ2v) is 7.69. The third-order valence-corrected chi connectivity index (χ3v) is 5.77. The molecule has 0 radical (unpaired) electrons. The molecule has 2 heterocycles. The van der Waals surface area contributed by atoms with Crippen LogP contribution in [0, 0.1) is 0 Å². The van der Waals surface area contributed by atoms with Crippen LogP contribution < -0.4 is 5.32 Å². The zero-order chi connectivity index (χ0) is 20.3. The molecule has 5 rings (SSSR count). The Labute approximate surface area is 177 Å². The number of aromatic nitrogens is 2. The predicted molar refractivity (Wildman–Crippen MR) is 123 cm³/mol.